The van der Waals surface area contributed by atoms with Gasteiger partial charge in [0.25, 0.3) is 0 Å². The van der Waals surface area contributed by atoms with Crippen LogP contribution in [-0.4, -0.2) is 31.6 Å². The van der Waals surface area contributed by atoms with Gasteiger partial charge in [-0.05, 0) is 17.7 Å². The van der Waals surface area contributed by atoms with Crippen molar-refractivity contribution in [2.24, 2.45) is 0 Å². The van der Waals surface area contributed by atoms with E-state index in [9.17, 15) is 25.5 Å². The molecule has 1 aliphatic heterocycles. The van der Waals surface area contributed by atoms with E-state index in [0.29, 0.717) is 0 Å². The number of hydrogen-bond donors (Lipinski definition) is 5. The highest BCUT2D eigenvalue weighted by Gasteiger charge is 2.32. The zero-order valence-corrected chi connectivity index (χ0v) is 10.6. The van der Waals surface area contributed by atoms with Crippen molar-refractivity contribution in [3.8, 4) is 28.7 Å². The van der Waals surface area contributed by atoms with Gasteiger partial charge in [0, 0.05) is 26.8 Å². The van der Waals surface area contributed by atoms with Crippen LogP contribution in [0.25, 0.3) is 0 Å². The number of phenols is 4. The van der Waals surface area contributed by atoms with Gasteiger partial charge in [0.15, 0.2) is 11.5 Å². The van der Waals surface area contributed by atoms with Crippen molar-refractivity contribution >= 4 is 0 Å². The van der Waals surface area contributed by atoms with E-state index in [-0.39, 0.29) is 17.1 Å². The van der Waals surface area contributed by atoms with Crippen LogP contribution >= 0.6 is 0 Å². The van der Waals surface area contributed by atoms with E-state index in [4.69, 9.17) is 8.85 Å². The minimum atomic E-state index is -2.49. The van der Waals surface area contributed by atoms with Crippen molar-refractivity contribution in [3.05, 3.63) is 41.4 Å². The predicted molar refractivity (Wildman–Crippen MR) is 72.6 cm³/mol. The summed E-state index contributed by atoms with van der Waals surface area (Å²) in [6.45, 7) is 0. The van der Waals surface area contributed by atoms with Crippen molar-refractivity contribution in [1.29, 1.82) is 0 Å². The molecule has 2 atom stereocenters. The fourth-order valence-corrected chi connectivity index (χ4v) is 2.16. The molecule has 1 aliphatic rings. The maximum Gasteiger partial charge on any atom is 0.157 e. The van der Waals surface area contributed by atoms with Gasteiger partial charge in [-0.2, -0.15) is 0 Å². The number of ether oxygens (including phenoxy) is 1. The van der Waals surface area contributed by atoms with Crippen molar-refractivity contribution in [2.75, 3.05) is 0 Å². The Morgan fingerprint density at radius 3 is 2.57 bits per heavy atom. The second-order valence-electron chi connectivity index (χ2n) is 4.62. The Hall–Kier alpha value is -2.60. The van der Waals surface area contributed by atoms with Crippen LogP contribution < -0.4 is 4.74 Å². The summed E-state index contributed by atoms with van der Waals surface area (Å²) in [5.74, 6) is -2.51. The highest BCUT2D eigenvalue weighted by molar-refractivity contribution is 5.52. The molecule has 0 saturated heterocycles. The highest BCUT2D eigenvalue weighted by atomic mass is 16.5. The molecule has 110 valence electrons. The van der Waals surface area contributed by atoms with E-state index in [1.165, 1.54) is 6.07 Å². The molecule has 6 heteroatoms. The lowest BCUT2D eigenvalue weighted by molar-refractivity contribution is 0.0197. The molecule has 0 saturated carbocycles. The number of benzene rings is 2. The molecule has 0 bridgehead atoms. The molecule has 6 nitrogen and oxygen atoms in total. The average molecular weight is 293 g/mol. The molecule has 21 heavy (non-hydrogen) atoms. The van der Waals surface area contributed by atoms with Crippen LogP contribution in [-0.2, 0) is 6.37 Å². The minimum absolute atomic E-state index is 0.182. The summed E-state index contributed by atoms with van der Waals surface area (Å²) in [5, 5.41) is 48.9. The molecule has 0 aliphatic carbocycles. The zero-order valence-electron chi connectivity index (χ0n) is 13.6. The van der Waals surface area contributed by atoms with Crippen LogP contribution in [0.1, 0.15) is 21.3 Å². The lowest BCUT2D eigenvalue weighted by Crippen LogP contribution is -2.30. The van der Waals surface area contributed by atoms with E-state index in [1.54, 1.807) is 0 Å². The van der Waals surface area contributed by atoms with E-state index < -0.39 is 47.4 Å². The zero-order chi connectivity index (χ0) is 17.8. The lowest BCUT2D eigenvalue weighted by Gasteiger charge is -2.31. The molecule has 0 amide bonds. The molecule has 0 spiro atoms. The number of aromatic hydroxyl groups is 4. The van der Waals surface area contributed by atoms with Crippen LogP contribution in [0.3, 0.4) is 0 Å². The second kappa shape index (κ2) is 4.75. The molecule has 0 aromatic heterocycles. The molecule has 0 unspecified atom stereocenters. The van der Waals surface area contributed by atoms with Crippen molar-refractivity contribution < 1.29 is 34.4 Å². The van der Waals surface area contributed by atoms with Gasteiger partial charge in [0.1, 0.15) is 23.4 Å². The molecule has 0 radical (unpaired) electrons. The molecule has 3 rings (SSSR count). The maximum atomic E-state index is 10.4. The van der Waals surface area contributed by atoms with E-state index in [1.807, 2.05) is 0 Å². The number of phenolic OH excluding ortho intramolecular Hbond substituents is 4. The summed E-state index contributed by atoms with van der Waals surface area (Å²) in [6, 6.07) is 3.92. The minimum Gasteiger partial charge on any atom is -0.508 e. The smallest absolute Gasteiger partial charge is 0.157 e. The normalized spacial score (nSPS) is 25.1. The van der Waals surface area contributed by atoms with Crippen LogP contribution in [0.15, 0.2) is 30.3 Å². The summed E-state index contributed by atoms with van der Waals surface area (Å²) >= 11 is 0. The Labute approximate surface area is 124 Å². The average Bonchev–Trinajstić information content (AvgIpc) is 2.51. The summed E-state index contributed by atoms with van der Waals surface area (Å²) in [7, 11) is 0. The predicted octanol–water partition coefficient (Wildman–Crippen LogP) is 1.55. The van der Waals surface area contributed by atoms with Gasteiger partial charge < -0.3 is 30.3 Å². The Morgan fingerprint density at radius 1 is 1.10 bits per heavy atom. The third-order valence-electron chi connectivity index (χ3n) is 3.16. The first-order chi connectivity index (χ1) is 11.1. The Morgan fingerprint density at radius 2 is 1.86 bits per heavy atom. The third-order valence-corrected chi connectivity index (χ3v) is 3.16. The molecular weight excluding hydrogens is 276 g/mol. The van der Waals surface area contributed by atoms with Crippen LogP contribution in [0.5, 0.6) is 28.7 Å². The second-order valence-corrected chi connectivity index (χ2v) is 4.62. The van der Waals surface area contributed by atoms with Gasteiger partial charge in [-0.15, -0.1) is 0 Å². The van der Waals surface area contributed by atoms with Crippen LogP contribution in [0.4, 0.5) is 0 Å². The first kappa shape index (κ1) is 10.2. The van der Waals surface area contributed by atoms with E-state index in [0.717, 1.165) is 18.2 Å². The van der Waals surface area contributed by atoms with Gasteiger partial charge >= 0.3 is 0 Å². The molecule has 1 heterocycles. The summed E-state index contributed by atoms with van der Waals surface area (Å²) in [6.07, 6.45) is -5.53. The van der Waals surface area contributed by atoms with Gasteiger partial charge in [-0.3, -0.25) is 0 Å². The van der Waals surface area contributed by atoms with Crippen LogP contribution in [0.2, 0.25) is 0 Å². The fourth-order valence-electron chi connectivity index (χ4n) is 2.16. The van der Waals surface area contributed by atoms with Crippen LogP contribution in [0, 0.1) is 0 Å². The molecule has 2 aromatic rings. The topological polar surface area (TPSA) is 110 Å². The standard InChI is InChI=1S/C15H14O6/c16-8-4-11(18)9-6-13(20)15(21-14(9)5-8)7-1-2-10(17)12(19)3-7/h1-5,13,15-20H,6H2/t13-,15+/m0/s1/i4D,6D2. The molecular formula is C15H14O6. The Kier molecular flexibility index (Phi) is 2.30. The first-order valence-electron chi connectivity index (χ1n) is 7.57. The monoisotopic (exact) mass is 293 g/mol. The SMILES string of the molecule is [2H]c1c(O)cc2c(c1O)C([2H])([2H])[C@H](O)[C@@H](c1ccc(O)c(O)c1)O2. The summed E-state index contributed by atoms with van der Waals surface area (Å²) < 4.78 is 29.2. The van der Waals surface area contributed by atoms with Crippen molar-refractivity contribution in [1.82, 2.24) is 0 Å². The Balaban J connectivity index is 2.16. The largest absolute Gasteiger partial charge is 0.508 e. The van der Waals surface area contributed by atoms with E-state index >= 15 is 0 Å². The number of fused-ring (bicyclic) bond motifs is 1. The number of aliphatic hydroxyl groups excluding tert-OH is 1. The number of rotatable bonds is 1. The Bertz CT molecular complexity index is 823. The molecule has 5 N–H and O–H groups in total. The van der Waals surface area contributed by atoms with E-state index in [2.05, 4.69) is 0 Å². The maximum absolute atomic E-state index is 10.4. The summed E-state index contributed by atoms with van der Waals surface area (Å²) in [5.41, 5.74) is -0.252. The number of hydrogen-bond acceptors (Lipinski definition) is 6. The highest BCUT2D eigenvalue weighted by Crippen LogP contribution is 2.42. The van der Waals surface area contributed by atoms with Gasteiger partial charge in [0.2, 0.25) is 0 Å². The van der Waals surface area contributed by atoms with Gasteiger partial charge in [0.05, 0.1) is 7.47 Å². The first-order valence-corrected chi connectivity index (χ1v) is 6.07. The van der Waals surface area contributed by atoms with Gasteiger partial charge in [-0.1, -0.05) is 6.07 Å². The van der Waals surface area contributed by atoms with Crippen molar-refractivity contribution in [2.45, 2.75) is 18.6 Å². The molecule has 0 fully saturated rings. The third kappa shape index (κ3) is 2.30. The fraction of sp³-hybridized carbons (Fsp3) is 0.200. The quantitative estimate of drug-likeness (QED) is 0.510. The lowest BCUT2D eigenvalue weighted by atomic mass is 9.94. The summed E-state index contributed by atoms with van der Waals surface area (Å²) in [4.78, 5) is 0. The molecule has 2 aromatic carbocycles. The van der Waals surface area contributed by atoms with Gasteiger partial charge in [-0.25, -0.2) is 0 Å². The number of aliphatic hydroxyl groups is 1. The van der Waals surface area contributed by atoms with Crippen molar-refractivity contribution in [3.63, 3.8) is 0 Å².